The fraction of sp³-hybridized carbons (Fsp3) is 0.333. The molecule has 27 heavy (non-hydrogen) atoms. The molecule has 0 aliphatic rings. The molecule has 1 amide bonds. The number of esters is 1. The number of carbonyl (C=O) groups is 2. The Balaban J connectivity index is 2.29. The minimum atomic E-state index is -0.492. The van der Waals surface area contributed by atoms with Crippen molar-refractivity contribution >= 4 is 17.6 Å². The number of amides is 1. The molecule has 144 valence electrons. The molecule has 0 aromatic heterocycles. The van der Waals surface area contributed by atoms with Gasteiger partial charge in [0.2, 0.25) is 0 Å². The number of anilines is 1. The van der Waals surface area contributed by atoms with Crippen molar-refractivity contribution in [2.75, 3.05) is 32.6 Å². The molecule has 2 aromatic rings. The Bertz CT molecular complexity index is 793. The summed E-state index contributed by atoms with van der Waals surface area (Å²) in [7, 11) is 4.79. The van der Waals surface area contributed by atoms with Gasteiger partial charge in [0.1, 0.15) is 5.82 Å². The molecule has 1 unspecified atom stereocenters. The van der Waals surface area contributed by atoms with Gasteiger partial charge in [-0.2, -0.15) is 0 Å². The first-order valence-corrected chi connectivity index (χ1v) is 8.71. The standard InChI is InChI=1S/C21H25FN2O3/c1-15(21(26)27-4)13-24(14-16-8-6-5-7-9-16)20(25)17-10-11-19(23(2)3)18(22)12-17/h5-12,15H,13-14H2,1-4H3. The average molecular weight is 372 g/mol. The van der Waals surface area contributed by atoms with E-state index in [1.165, 1.54) is 13.2 Å². The number of hydrogen-bond acceptors (Lipinski definition) is 4. The third-order valence-corrected chi connectivity index (χ3v) is 4.28. The maximum absolute atomic E-state index is 14.3. The Morgan fingerprint density at radius 3 is 2.33 bits per heavy atom. The number of halogens is 1. The summed E-state index contributed by atoms with van der Waals surface area (Å²) < 4.78 is 19.1. The number of benzene rings is 2. The molecule has 2 aromatic carbocycles. The topological polar surface area (TPSA) is 49.9 Å². The molecule has 0 saturated heterocycles. The molecule has 0 spiro atoms. The summed E-state index contributed by atoms with van der Waals surface area (Å²) in [6, 6.07) is 13.9. The summed E-state index contributed by atoms with van der Waals surface area (Å²) in [5, 5.41) is 0. The van der Waals surface area contributed by atoms with E-state index in [0.29, 0.717) is 12.2 Å². The fourth-order valence-electron chi connectivity index (χ4n) is 2.81. The van der Waals surface area contributed by atoms with Gasteiger partial charge in [-0.1, -0.05) is 37.3 Å². The molecule has 0 aliphatic heterocycles. The number of ether oxygens (including phenoxy) is 1. The SMILES string of the molecule is COC(=O)C(C)CN(Cc1ccccc1)C(=O)c1ccc(N(C)C)c(F)c1. The van der Waals surface area contributed by atoms with Crippen LogP contribution in [0.2, 0.25) is 0 Å². The first-order valence-electron chi connectivity index (χ1n) is 8.71. The lowest BCUT2D eigenvalue weighted by atomic mass is 10.1. The van der Waals surface area contributed by atoms with Gasteiger partial charge in [-0.25, -0.2) is 4.39 Å². The van der Waals surface area contributed by atoms with Crippen LogP contribution in [-0.2, 0) is 16.1 Å². The maximum atomic E-state index is 14.3. The van der Waals surface area contributed by atoms with Gasteiger partial charge >= 0.3 is 5.97 Å². The predicted molar refractivity (Wildman–Crippen MR) is 103 cm³/mol. The lowest BCUT2D eigenvalue weighted by Gasteiger charge is -2.26. The highest BCUT2D eigenvalue weighted by Crippen LogP contribution is 2.20. The number of rotatable bonds is 7. The molecule has 2 rings (SSSR count). The summed E-state index contributed by atoms with van der Waals surface area (Å²) >= 11 is 0. The Morgan fingerprint density at radius 1 is 1.11 bits per heavy atom. The smallest absolute Gasteiger partial charge is 0.310 e. The summed E-state index contributed by atoms with van der Waals surface area (Å²) in [5.74, 6) is -1.69. The molecule has 5 nitrogen and oxygen atoms in total. The second-order valence-corrected chi connectivity index (χ2v) is 6.66. The fourth-order valence-corrected chi connectivity index (χ4v) is 2.81. The van der Waals surface area contributed by atoms with Crippen LogP contribution < -0.4 is 4.90 Å². The van der Waals surface area contributed by atoms with Crippen LogP contribution >= 0.6 is 0 Å². The minimum Gasteiger partial charge on any atom is -0.469 e. The molecule has 0 radical (unpaired) electrons. The van der Waals surface area contributed by atoms with E-state index >= 15 is 0 Å². The first kappa shape index (κ1) is 20.4. The highest BCUT2D eigenvalue weighted by molar-refractivity contribution is 5.95. The van der Waals surface area contributed by atoms with Crippen LogP contribution in [0.4, 0.5) is 10.1 Å². The van der Waals surface area contributed by atoms with Crippen LogP contribution in [0.3, 0.4) is 0 Å². The predicted octanol–water partition coefficient (Wildman–Crippen LogP) is 3.34. The van der Waals surface area contributed by atoms with E-state index in [1.807, 2.05) is 30.3 Å². The largest absolute Gasteiger partial charge is 0.469 e. The van der Waals surface area contributed by atoms with Crippen LogP contribution in [0.5, 0.6) is 0 Å². The Hall–Kier alpha value is -2.89. The van der Waals surface area contributed by atoms with Gasteiger partial charge in [0.15, 0.2) is 0 Å². The Kier molecular flexibility index (Phi) is 6.93. The molecule has 0 saturated carbocycles. The van der Waals surface area contributed by atoms with Crippen LogP contribution in [-0.4, -0.2) is 44.5 Å². The third kappa shape index (κ3) is 5.29. The van der Waals surface area contributed by atoms with Crippen LogP contribution in [0, 0.1) is 11.7 Å². The molecular formula is C21H25FN2O3. The molecule has 1 atom stereocenters. The van der Waals surface area contributed by atoms with E-state index in [2.05, 4.69) is 0 Å². The van der Waals surface area contributed by atoms with Gasteiger partial charge in [0.05, 0.1) is 18.7 Å². The summed E-state index contributed by atoms with van der Waals surface area (Å²) in [6.07, 6.45) is 0. The zero-order valence-electron chi connectivity index (χ0n) is 16.1. The van der Waals surface area contributed by atoms with Gasteiger partial charge in [0, 0.05) is 32.7 Å². The number of nitrogens with zero attached hydrogens (tertiary/aromatic N) is 2. The van der Waals surface area contributed by atoms with Crippen molar-refractivity contribution in [1.29, 1.82) is 0 Å². The molecule has 6 heteroatoms. The molecule has 0 aliphatic carbocycles. The normalized spacial score (nSPS) is 11.6. The van der Waals surface area contributed by atoms with Gasteiger partial charge < -0.3 is 14.5 Å². The zero-order valence-corrected chi connectivity index (χ0v) is 16.1. The van der Waals surface area contributed by atoms with E-state index in [0.717, 1.165) is 5.56 Å². The lowest BCUT2D eigenvalue weighted by Crippen LogP contribution is -2.37. The number of carbonyl (C=O) groups excluding carboxylic acids is 2. The van der Waals surface area contributed by atoms with Crippen LogP contribution in [0.1, 0.15) is 22.8 Å². The van der Waals surface area contributed by atoms with Gasteiger partial charge in [-0.15, -0.1) is 0 Å². The number of hydrogen-bond donors (Lipinski definition) is 0. The summed E-state index contributed by atoms with van der Waals surface area (Å²) in [4.78, 5) is 28.0. The van der Waals surface area contributed by atoms with Gasteiger partial charge in [0.25, 0.3) is 5.91 Å². The highest BCUT2D eigenvalue weighted by Gasteiger charge is 2.23. The van der Waals surface area contributed by atoms with Crippen LogP contribution in [0.15, 0.2) is 48.5 Å². The van der Waals surface area contributed by atoms with Crippen molar-refractivity contribution in [3.05, 3.63) is 65.5 Å². The molecular weight excluding hydrogens is 347 g/mol. The maximum Gasteiger partial charge on any atom is 0.310 e. The Labute approximate surface area is 159 Å². The quantitative estimate of drug-likeness (QED) is 0.700. The first-order chi connectivity index (χ1) is 12.8. The van der Waals surface area contributed by atoms with E-state index in [9.17, 15) is 14.0 Å². The van der Waals surface area contributed by atoms with Crippen LogP contribution in [0.25, 0.3) is 0 Å². The highest BCUT2D eigenvalue weighted by atomic mass is 19.1. The second-order valence-electron chi connectivity index (χ2n) is 6.66. The van der Waals surface area contributed by atoms with Gasteiger partial charge in [-0.3, -0.25) is 9.59 Å². The van der Waals surface area contributed by atoms with Crippen molar-refractivity contribution in [3.63, 3.8) is 0 Å². The average Bonchev–Trinajstić information content (AvgIpc) is 2.66. The third-order valence-electron chi connectivity index (χ3n) is 4.28. The van der Waals surface area contributed by atoms with Crippen molar-refractivity contribution in [2.45, 2.75) is 13.5 Å². The van der Waals surface area contributed by atoms with E-state index in [1.54, 1.807) is 43.0 Å². The Morgan fingerprint density at radius 2 is 1.78 bits per heavy atom. The minimum absolute atomic E-state index is 0.178. The monoisotopic (exact) mass is 372 g/mol. The second kappa shape index (κ2) is 9.16. The molecule has 0 N–H and O–H groups in total. The zero-order chi connectivity index (χ0) is 20.0. The van der Waals surface area contributed by atoms with E-state index in [4.69, 9.17) is 4.74 Å². The van der Waals surface area contributed by atoms with Gasteiger partial charge in [-0.05, 0) is 23.8 Å². The molecule has 0 bridgehead atoms. The lowest BCUT2D eigenvalue weighted by molar-refractivity contribution is -0.145. The van der Waals surface area contributed by atoms with Crippen molar-refractivity contribution < 1.29 is 18.7 Å². The van der Waals surface area contributed by atoms with Crippen molar-refractivity contribution in [2.24, 2.45) is 5.92 Å². The molecule has 0 fully saturated rings. The van der Waals surface area contributed by atoms with E-state index in [-0.39, 0.29) is 18.0 Å². The van der Waals surface area contributed by atoms with Crippen molar-refractivity contribution in [3.8, 4) is 0 Å². The van der Waals surface area contributed by atoms with Crippen molar-refractivity contribution in [1.82, 2.24) is 4.90 Å². The van der Waals surface area contributed by atoms with E-state index < -0.39 is 17.7 Å². The summed E-state index contributed by atoms with van der Waals surface area (Å²) in [6.45, 7) is 2.20. The summed E-state index contributed by atoms with van der Waals surface area (Å²) in [5.41, 5.74) is 1.57. The number of methoxy groups -OCH3 is 1. The molecule has 0 heterocycles.